The summed E-state index contributed by atoms with van der Waals surface area (Å²) in [6.45, 7) is 24.0. The Kier molecular flexibility index (Phi) is 8.26. The Hall–Kier alpha value is -0.780. The zero-order valence-corrected chi connectivity index (χ0v) is 22.9. The molecule has 0 aromatic carbocycles. The van der Waals surface area contributed by atoms with Crippen LogP contribution in [0, 0.1) is 40.4 Å². The number of allylic oxidation sites excluding steroid dienone is 5. The normalized spacial score (nSPS) is 31.3. The van der Waals surface area contributed by atoms with E-state index in [2.05, 4.69) is 68.0 Å². The van der Waals surface area contributed by atoms with Crippen molar-refractivity contribution in [3.63, 3.8) is 0 Å². The third kappa shape index (κ3) is 5.00. The summed E-state index contributed by atoms with van der Waals surface area (Å²) >= 11 is 0. The highest BCUT2D eigenvalue weighted by molar-refractivity contribution is 5.32. The fraction of sp³-hybridized carbons (Fsp3) is 0.812. The molecule has 0 radical (unpaired) electrons. The molecular weight excluding hydrogens is 384 g/mol. The lowest BCUT2D eigenvalue weighted by atomic mass is 9.56. The van der Waals surface area contributed by atoms with Crippen molar-refractivity contribution >= 4 is 0 Å². The van der Waals surface area contributed by atoms with Gasteiger partial charge in [-0.15, -0.1) is 0 Å². The van der Waals surface area contributed by atoms with E-state index in [-0.39, 0.29) is 5.41 Å². The van der Waals surface area contributed by atoms with Crippen LogP contribution < -0.4 is 0 Å². The summed E-state index contributed by atoms with van der Waals surface area (Å²) in [7, 11) is 0. The van der Waals surface area contributed by atoms with E-state index in [9.17, 15) is 0 Å². The van der Waals surface area contributed by atoms with Gasteiger partial charge in [-0.2, -0.15) is 0 Å². The first-order valence-corrected chi connectivity index (χ1v) is 14.0. The molecule has 182 valence electrons. The zero-order chi connectivity index (χ0) is 23.7. The Bertz CT molecular complexity index is 725. The van der Waals surface area contributed by atoms with Crippen molar-refractivity contribution in [2.45, 2.75) is 126 Å². The Morgan fingerprint density at radius 3 is 2.50 bits per heavy atom. The van der Waals surface area contributed by atoms with E-state index in [4.69, 9.17) is 0 Å². The van der Waals surface area contributed by atoms with Crippen LogP contribution in [0.3, 0.4) is 0 Å². The highest BCUT2D eigenvalue weighted by Gasteiger charge is 2.52. The molecular formula is C32H54. The van der Waals surface area contributed by atoms with Crippen molar-refractivity contribution in [1.82, 2.24) is 0 Å². The van der Waals surface area contributed by atoms with E-state index < -0.39 is 0 Å². The number of fused-ring (bicyclic) bond motifs is 2. The van der Waals surface area contributed by atoms with Crippen LogP contribution in [0.1, 0.15) is 126 Å². The largest absolute Gasteiger partial charge is 0.0993 e. The molecule has 0 saturated heterocycles. The third-order valence-corrected chi connectivity index (χ3v) is 10.4. The highest BCUT2D eigenvalue weighted by Crippen LogP contribution is 2.63. The second-order valence-electron chi connectivity index (χ2n) is 13.1. The van der Waals surface area contributed by atoms with Crippen LogP contribution in [0.5, 0.6) is 0 Å². The summed E-state index contributed by atoms with van der Waals surface area (Å²) < 4.78 is 0. The first-order chi connectivity index (χ1) is 15.0. The minimum Gasteiger partial charge on any atom is -0.0993 e. The lowest BCUT2D eigenvalue weighted by Crippen LogP contribution is -2.38. The molecule has 5 atom stereocenters. The number of rotatable bonds is 9. The Morgan fingerprint density at radius 2 is 1.88 bits per heavy atom. The molecule has 0 aromatic heterocycles. The maximum absolute atomic E-state index is 4.52. The van der Waals surface area contributed by atoms with Crippen LogP contribution in [0.4, 0.5) is 0 Å². The van der Waals surface area contributed by atoms with Crippen LogP contribution in [-0.2, 0) is 0 Å². The van der Waals surface area contributed by atoms with Gasteiger partial charge >= 0.3 is 0 Å². The molecule has 3 rings (SSSR count). The quantitative estimate of drug-likeness (QED) is 0.314. The van der Waals surface area contributed by atoms with Crippen molar-refractivity contribution in [2.24, 2.45) is 40.4 Å². The van der Waals surface area contributed by atoms with Gasteiger partial charge in [0, 0.05) is 0 Å². The summed E-state index contributed by atoms with van der Waals surface area (Å²) in [5.41, 5.74) is 7.57. The molecule has 0 heteroatoms. The van der Waals surface area contributed by atoms with Gasteiger partial charge < -0.3 is 0 Å². The average Bonchev–Trinajstić information content (AvgIpc) is 3.07. The van der Waals surface area contributed by atoms with E-state index in [1.165, 1.54) is 81.8 Å². The molecule has 3 aliphatic carbocycles. The zero-order valence-electron chi connectivity index (χ0n) is 22.9. The maximum Gasteiger partial charge on any atom is -0.00825 e. The summed E-state index contributed by atoms with van der Waals surface area (Å²) in [6, 6.07) is 0. The average molecular weight is 439 g/mol. The van der Waals surface area contributed by atoms with Crippen molar-refractivity contribution in [2.75, 3.05) is 0 Å². The third-order valence-electron chi connectivity index (χ3n) is 10.4. The molecule has 0 heterocycles. The minimum atomic E-state index is 0.290. The summed E-state index contributed by atoms with van der Waals surface area (Å²) in [5.74, 6) is 4.37. The van der Waals surface area contributed by atoms with E-state index in [1.807, 2.05) is 11.1 Å². The van der Waals surface area contributed by atoms with E-state index in [1.54, 1.807) is 0 Å². The summed E-state index contributed by atoms with van der Waals surface area (Å²) in [5, 5.41) is 0. The molecule has 1 saturated carbocycles. The van der Waals surface area contributed by atoms with Crippen LogP contribution in [0.25, 0.3) is 0 Å². The standard InChI is InChI=1S/C32H54/c1-10-12-24(6)31(7,8)26-16-18-29-25(21-26)15-17-30-28(19-20-32(29,30)9)27(23(4)5)14-11-13-22(2)3/h13,23,26-28,30H,6,10-12,14-21H2,1-5,7-9H3. The molecule has 32 heavy (non-hydrogen) atoms. The van der Waals surface area contributed by atoms with Gasteiger partial charge in [0.1, 0.15) is 0 Å². The van der Waals surface area contributed by atoms with Crippen molar-refractivity contribution in [3.8, 4) is 0 Å². The highest BCUT2D eigenvalue weighted by atomic mass is 14.6. The molecule has 0 bridgehead atoms. The van der Waals surface area contributed by atoms with Crippen molar-refractivity contribution < 1.29 is 0 Å². The minimum absolute atomic E-state index is 0.290. The molecule has 0 spiro atoms. The second kappa shape index (κ2) is 10.2. The topological polar surface area (TPSA) is 0 Å². The predicted molar refractivity (Wildman–Crippen MR) is 143 cm³/mol. The first kappa shape index (κ1) is 25.8. The summed E-state index contributed by atoms with van der Waals surface area (Å²) in [4.78, 5) is 0. The Labute approximate surface area is 201 Å². The molecule has 5 unspecified atom stereocenters. The SMILES string of the molecule is C=C(CCC)C(C)(C)C1CCC2=C(CCC3C(C(CCC=C(C)C)C(C)C)CCC23C)C1. The second-order valence-corrected chi connectivity index (χ2v) is 13.1. The molecule has 0 N–H and O–H groups in total. The van der Waals surface area contributed by atoms with Gasteiger partial charge in [-0.3, -0.25) is 0 Å². The molecule has 0 aliphatic heterocycles. The van der Waals surface area contributed by atoms with Gasteiger partial charge in [0.25, 0.3) is 0 Å². The number of hydrogen-bond acceptors (Lipinski definition) is 0. The van der Waals surface area contributed by atoms with Gasteiger partial charge in [0.05, 0.1) is 0 Å². The molecule has 0 amide bonds. The van der Waals surface area contributed by atoms with Gasteiger partial charge in [0.2, 0.25) is 0 Å². The number of hydrogen-bond donors (Lipinski definition) is 0. The molecule has 0 aromatic rings. The first-order valence-electron chi connectivity index (χ1n) is 14.0. The van der Waals surface area contributed by atoms with Crippen LogP contribution >= 0.6 is 0 Å². The maximum atomic E-state index is 4.52. The van der Waals surface area contributed by atoms with Gasteiger partial charge in [-0.05, 0) is 118 Å². The smallest absolute Gasteiger partial charge is 0.00825 e. The molecule has 1 fully saturated rings. The Morgan fingerprint density at radius 1 is 1.16 bits per heavy atom. The molecule has 3 aliphatic rings. The van der Waals surface area contributed by atoms with Gasteiger partial charge in [-0.1, -0.05) is 82.9 Å². The van der Waals surface area contributed by atoms with Gasteiger partial charge in [0.15, 0.2) is 0 Å². The van der Waals surface area contributed by atoms with Crippen molar-refractivity contribution in [3.05, 3.63) is 34.9 Å². The van der Waals surface area contributed by atoms with E-state index >= 15 is 0 Å². The predicted octanol–water partition coefficient (Wildman–Crippen LogP) is 10.3. The van der Waals surface area contributed by atoms with Gasteiger partial charge in [-0.25, -0.2) is 0 Å². The van der Waals surface area contributed by atoms with Crippen molar-refractivity contribution in [1.29, 1.82) is 0 Å². The van der Waals surface area contributed by atoms with Crippen LogP contribution in [0.2, 0.25) is 0 Å². The lowest BCUT2D eigenvalue weighted by molar-refractivity contribution is 0.116. The van der Waals surface area contributed by atoms with Crippen LogP contribution in [-0.4, -0.2) is 0 Å². The fourth-order valence-electron chi connectivity index (χ4n) is 8.17. The van der Waals surface area contributed by atoms with E-state index in [0.29, 0.717) is 5.41 Å². The fourth-order valence-corrected chi connectivity index (χ4v) is 8.17. The Balaban J connectivity index is 1.77. The summed E-state index contributed by atoms with van der Waals surface area (Å²) in [6.07, 6.45) is 17.4. The molecule has 0 nitrogen and oxygen atoms in total. The monoisotopic (exact) mass is 438 g/mol. The van der Waals surface area contributed by atoms with Crippen LogP contribution in [0.15, 0.2) is 34.9 Å². The lowest BCUT2D eigenvalue weighted by Gasteiger charge is -2.49. The van der Waals surface area contributed by atoms with E-state index in [0.717, 1.165) is 29.6 Å².